The Kier molecular flexibility index (Phi) is 5.36. The Bertz CT molecular complexity index is 1040. The van der Waals surface area contributed by atoms with E-state index in [-0.39, 0.29) is 51.7 Å². The number of ether oxygens (including phenoxy) is 1. The van der Waals surface area contributed by atoms with Crippen molar-refractivity contribution in [3.63, 3.8) is 0 Å². The largest absolute Gasteiger partial charge is 0.495 e. The molecule has 7 nitrogen and oxygen atoms in total. The highest BCUT2D eigenvalue weighted by Crippen LogP contribution is 2.35. The molecule has 2 aromatic rings. The van der Waals surface area contributed by atoms with E-state index in [2.05, 4.69) is 4.72 Å². The quantitative estimate of drug-likeness (QED) is 0.745. The van der Waals surface area contributed by atoms with E-state index in [9.17, 15) is 18.0 Å². The van der Waals surface area contributed by atoms with Gasteiger partial charge in [-0.2, -0.15) is 0 Å². The zero-order chi connectivity index (χ0) is 20.6. The first-order valence-corrected chi connectivity index (χ1v) is 10.3. The molecule has 0 radical (unpaired) electrons. The standard InChI is InChI=1S/C19H19ClN2O5S/c1-11-8-12(2)19(14(20)9-11)21-28(25,26)16-10-13(4-5-15(16)27-3)22-17(23)6-7-18(22)24/h4-5,8-10,21H,6-7H2,1-3H3. The van der Waals surface area contributed by atoms with Crippen LogP contribution in [0.2, 0.25) is 5.02 Å². The Labute approximate surface area is 168 Å². The van der Waals surface area contributed by atoms with E-state index in [1.807, 2.05) is 6.92 Å². The van der Waals surface area contributed by atoms with Gasteiger partial charge in [-0.1, -0.05) is 17.7 Å². The summed E-state index contributed by atoms with van der Waals surface area (Å²) < 4.78 is 33.8. The number of anilines is 2. The van der Waals surface area contributed by atoms with Crippen molar-refractivity contribution in [3.8, 4) is 5.75 Å². The number of halogens is 1. The summed E-state index contributed by atoms with van der Waals surface area (Å²) in [5, 5.41) is 0.265. The predicted octanol–water partition coefficient (Wildman–Crippen LogP) is 3.42. The van der Waals surface area contributed by atoms with Gasteiger partial charge in [0.2, 0.25) is 11.8 Å². The molecule has 0 aromatic heterocycles. The lowest BCUT2D eigenvalue weighted by Gasteiger charge is -2.18. The fourth-order valence-electron chi connectivity index (χ4n) is 3.11. The third kappa shape index (κ3) is 3.70. The highest BCUT2D eigenvalue weighted by Gasteiger charge is 2.32. The van der Waals surface area contributed by atoms with Crippen molar-refractivity contribution in [2.45, 2.75) is 31.6 Å². The molecule has 1 heterocycles. The number of nitrogens with one attached hydrogen (secondary N) is 1. The molecule has 1 fully saturated rings. The molecular formula is C19H19ClN2O5S. The van der Waals surface area contributed by atoms with E-state index in [1.54, 1.807) is 19.1 Å². The summed E-state index contributed by atoms with van der Waals surface area (Å²) in [4.78, 5) is 24.8. The van der Waals surface area contributed by atoms with Gasteiger partial charge in [0.25, 0.3) is 10.0 Å². The number of sulfonamides is 1. The second kappa shape index (κ2) is 7.44. The molecule has 1 aliphatic heterocycles. The van der Waals surface area contributed by atoms with Gasteiger partial charge in [-0.25, -0.2) is 8.42 Å². The summed E-state index contributed by atoms with van der Waals surface area (Å²) in [6.45, 7) is 3.60. The summed E-state index contributed by atoms with van der Waals surface area (Å²) >= 11 is 6.22. The maximum Gasteiger partial charge on any atom is 0.265 e. The number of carbonyl (C=O) groups excluding carboxylic acids is 2. The average Bonchev–Trinajstić information content (AvgIpc) is 2.96. The molecule has 2 aromatic carbocycles. The van der Waals surface area contributed by atoms with Crippen LogP contribution in [0.15, 0.2) is 35.2 Å². The van der Waals surface area contributed by atoms with Crippen molar-refractivity contribution in [2.75, 3.05) is 16.7 Å². The molecular weight excluding hydrogens is 404 g/mol. The lowest BCUT2D eigenvalue weighted by molar-refractivity contribution is -0.121. The minimum Gasteiger partial charge on any atom is -0.495 e. The first-order chi connectivity index (χ1) is 13.1. The van der Waals surface area contributed by atoms with Crippen LogP contribution in [0.1, 0.15) is 24.0 Å². The number of rotatable bonds is 5. The third-order valence-corrected chi connectivity index (χ3v) is 6.08. The first-order valence-electron chi connectivity index (χ1n) is 8.47. The van der Waals surface area contributed by atoms with Gasteiger partial charge in [-0.3, -0.25) is 19.2 Å². The molecule has 148 valence electrons. The van der Waals surface area contributed by atoms with Gasteiger partial charge in [-0.15, -0.1) is 0 Å². The molecule has 2 amide bonds. The van der Waals surface area contributed by atoms with Crippen LogP contribution >= 0.6 is 11.6 Å². The van der Waals surface area contributed by atoms with Gasteiger partial charge in [-0.05, 0) is 49.2 Å². The molecule has 0 saturated carbocycles. The molecule has 0 atom stereocenters. The van der Waals surface area contributed by atoms with Crippen molar-refractivity contribution < 1.29 is 22.7 Å². The van der Waals surface area contributed by atoms with E-state index in [0.717, 1.165) is 10.5 Å². The van der Waals surface area contributed by atoms with E-state index in [1.165, 1.54) is 25.3 Å². The van der Waals surface area contributed by atoms with Crippen LogP contribution in [-0.4, -0.2) is 27.3 Å². The van der Waals surface area contributed by atoms with Crippen molar-refractivity contribution in [2.24, 2.45) is 0 Å². The number of carbonyl (C=O) groups is 2. The first kappa shape index (κ1) is 20.2. The average molecular weight is 423 g/mol. The van der Waals surface area contributed by atoms with E-state index in [4.69, 9.17) is 16.3 Å². The number of amides is 2. The minimum absolute atomic E-state index is 0.0798. The lowest BCUT2D eigenvalue weighted by Crippen LogP contribution is -2.29. The highest BCUT2D eigenvalue weighted by atomic mass is 35.5. The summed E-state index contributed by atoms with van der Waals surface area (Å²) in [5.74, 6) is -0.663. The van der Waals surface area contributed by atoms with E-state index in [0.29, 0.717) is 5.56 Å². The van der Waals surface area contributed by atoms with Gasteiger partial charge < -0.3 is 4.74 Å². The summed E-state index contributed by atoms with van der Waals surface area (Å²) in [5.41, 5.74) is 2.00. The smallest absolute Gasteiger partial charge is 0.265 e. The topological polar surface area (TPSA) is 92.8 Å². The van der Waals surface area contributed by atoms with Crippen LogP contribution in [0.25, 0.3) is 0 Å². The van der Waals surface area contributed by atoms with Crippen molar-refractivity contribution in [1.29, 1.82) is 0 Å². The second-order valence-electron chi connectivity index (χ2n) is 6.50. The number of aryl methyl sites for hydroxylation is 2. The molecule has 0 spiro atoms. The number of benzene rings is 2. The highest BCUT2D eigenvalue weighted by molar-refractivity contribution is 7.92. The number of nitrogens with zero attached hydrogens (tertiary/aromatic N) is 1. The lowest BCUT2D eigenvalue weighted by atomic mass is 10.1. The van der Waals surface area contributed by atoms with Crippen LogP contribution in [0, 0.1) is 13.8 Å². The minimum atomic E-state index is -4.11. The second-order valence-corrected chi connectivity index (χ2v) is 8.56. The molecule has 28 heavy (non-hydrogen) atoms. The monoisotopic (exact) mass is 422 g/mol. The van der Waals surface area contributed by atoms with Gasteiger partial charge in [0.15, 0.2) is 0 Å². The Morgan fingerprint density at radius 1 is 1.07 bits per heavy atom. The van der Waals surface area contributed by atoms with Crippen LogP contribution in [0.5, 0.6) is 5.75 Å². The SMILES string of the molecule is COc1ccc(N2C(=O)CCC2=O)cc1S(=O)(=O)Nc1c(C)cc(C)cc1Cl. The molecule has 9 heteroatoms. The van der Waals surface area contributed by atoms with Crippen LogP contribution in [0.4, 0.5) is 11.4 Å². The number of imide groups is 1. The summed E-state index contributed by atoms with van der Waals surface area (Å²) in [6.07, 6.45) is 0.201. The maximum atomic E-state index is 13.1. The molecule has 1 aliphatic rings. The molecule has 0 aliphatic carbocycles. The van der Waals surface area contributed by atoms with Gasteiger partial charge in [0.05, 0.1) is 23.5 Å². The van der Waals surface area contributed by atoms with Crippen LogP contribution in [0.3, 0.4) is 0 Å². The van der Waals surface area contributed by atoms with Gasteiger partial charge >= 0.3 is 0 Å². The van der Waals surface area contributed by atoms with Crippen molar-refractivity contribution >= 4 is 44.8 Å². The molecule has 0 unspecified atom stereocenters. The number of methoxy groups -OCH3 is 1. The Hall–Kier alpha value is -2.58. The van der Waals surface area contributed by atoms with Gasteiger partial charge in [0, 0.05) is 12.8 Å². The fraction of sp³-hybridized carbons (Fsp3) is 0.263. The fourth-order valence-corrected chi connectivity index (χ4v) is 4.88. The Balaban J connectivity index is 2.07. The zero-order valence-electron chi connectivity index (χ0n) is 15.6. The van der Waals surface area contributed by atoms with Gasteiger partial charge in [0.1, 0.15) is 10.6 Å². The molecule has 1 saturated heterocycles. The van der Waals surface area contributed by atoms with Crippen molar-refractivity contribution in [1.82, 2.24) is 0 Å². The molecule has 3 rings (SSSR count). The van der Waals surface area contributed by atoms with Crippen molar-refractivity contribution in [3.05, 3.63) is 46.5 Å². The summed E-state index contributed by atoms with van der Waals surface area (Å²) in [6, 6.07) is 7.59. The van der Waals surface area contributed by atoms with Crippen LogP contribution in [-0.2, 0) is 19.6 Å². The Morgan fingerprint density at radius 2 is 1.71 bits per heavy atom. The summed E-state index contributed by atoms with van der Waals surface area (Å²) in [7, 11) is -2.77. The number of hydrogen-bond donors (Lipinski definition) is 1. The molecule has 0 bridgehead atoms. The number of hydrogen-bond acceptors (Lipinski definition) is 5. The van der Waals surface area contributed by atoms with E-state index < -0.39 is 10.0 Å². The van der Waals surface area contributed by atoms with E-state index >= 15 is 0 Å². The normalized spacial score (nSPS) is 14.5. The predicted molar refractivity (Wildman–Crippen MR) is 106 cm³/mol. The third-order valence-electron chi connectivity index (χ3n) is 4.41. The zero-order valence-corrected chi connectivity index (χ0v) is 17.1. The maximum absolute atomic E-state index is 13.1. The Morgan fingerprint density at radius 3 is 2.29 bits per heavy atom. The van der Waals surface area contributed by atoms with Crippen LogP contribution < -0.4 is 14.4 Å². The molecule has 1 N–H and O–H groups in total.